The van der Waals surface area contributed by atoms with Crippen molar-refractivity contribution in [2.45, 2.75) is 49.0 Å². The van der Waals surface area contributed by atoms with Gasteiger partial charge in [-0.05, 0) is 74.6 Å². The second-order valence-electron chi connectivity index (χ2n) is 9.64. The van der Waals surface area contributed by atoms with Crippen molar-refractivity contribution in [3.63, 3.8) is 0 Å². The van der Waals surface area contributed by atoms with E-state index in [2.05, 4.69) is 10.3 Å². The van der Waals surface area contributed by atoms with E-state index >= 15 is 0 Å². The lowest BCUT2D eigenvalue weighted by Gasteiger charge is -2.21. The number of anilines is 1. The summed E-state index contributed by atoms with van der Waals surface area (Å²) in [5.74, 6) is 1.70. The van der Waals surface area contributed by atoms with E-state index < -0.39 is 15.4 Å². The van der Waals surface area contributed by atoms with Crippen LogP contribution in [0.15, 0.2) is 65.6 Å². The van der Waals surface area contributed by atoms with Gasteiger partial charge in [0, 0.05) is 19.6 Å². The van der Waals surface area contributed by atoms with E-state index in [1.807, 2.05) is 37.3 Å². The normalized spacial score (nSPS) is 20.3. The highest BCUT2D eigenvalue weighted by atomic mass is 32.2. The van der Waals surface area contributed by atoms with E-state index in [1.54, 1.807) is 34.6 Å². The minimum atomic E-state index is -3.51. The van der Waals surface area contributed by atoms with Gasteiger partial charge in [-0.2, -0.15) is 4.31 Å². The molecule has 2 fully saturated rings. The number of rotatable bonds is 6. The maximum absolute atomic E-state index is 13.3. The van der Waals surface area contributed by atoms with Crippen molar-refractivity contribution in [2.75, 3.05) is 18.7 Å². The Balaban J connectivity index is 0.00000280. The lowest BCUT2D eigenvalue weighted by atomic mass is 9.94. The summed E-state index contributed by atoms with van der Waals surface area (Å²) in [6, 6.07) is 17.9. The number of fused-ring (bicyclic) bond motifs is 1. The molecule has 1 aromatic heterocycles. The van der Waals surface area contributed by atoms with Crippen LogP contribution in [0, 0.1) is 0 Å². The van der Waals surface area contributed by atoms with Gasteiger partial charge < -0.3 is 14.8 Å². The first-order chi connectivity index (χ1) is 17.4. The Morgan fingerprint density at radius 3 is 2.58 bits per heavy atom. The summed E-state index contributed by atoms with van der Waals surface area (Å²) < 4.78 is 38.4. The molecule has 3 heterocycles. The number of carbonyl (C=O) groups is 1. The summed E-state index contributed by atoms with van der Waals surface area (Å²) in [5, 5.41) is 2.97. The number of pyridine rings is 1. The molecule has 1 N–H and O–H groups in total. The largest absolute Gasteiger partial charge is 0.454 e. The van der Waals surface area contributed by atoms with Gasteiger partial charge in [0.25, 0.3) is 0 Å². The van der Waals surface area contributed by atoms with Crippen LogP contribution in [-0.4, -0.2) is 43.0 Å². The number of nitrogens with zero attached hydrogens (tertiary/aromatic N) is 2. The second-order valence-corrected chi connectivity index (χ2v) is 11.5. The molecule has 1 saturated carbocycles. The van der Waals surface area contributed by atoms with Crippen molar-refractivity contribution in [3.05, 3.63) is 66.2 Å². The van der Waals surface area contributed by atoms with Crippen molar-refractivity contribution < 1.29 is 24.1 Å². The molecule has 1 aliphatic carbocycles. The Kier molecular flexibility index (Phi) is 5.49. The lowest BCUT2D eigenvalue weighted by Crippen LogP contribution is -2.33. The van der Waals surface area contributed by atoms with Crippen LogP contribution in [0.5, 0.6) is 11.5 Å². The van der Waals surface area contributed by atoms with E-state index in [0.29, 0.717) is 29.6 Å². The molecule has 3 aromatic rings. The Bertz CT molecular complexity index is 1440. The van der Waals surface area contributed by atoms with Crippen LogP contribution < -0.4 is 14.8 Å². The molecule has 6 rings (SSSR count). The summed E-state index contributed by atoms with van der Waals surface area (Å²) >= 11 is 0. The minimum Gasteiger partial charge on any atom is -0.454 e. The molecular formula is C27H29N3O5S. The SMILES string of the molecule is CC1CCCN1S(=O)(=O)c1ccc(-c2cccc(NC(=O)C3(c4ccc5c(c4)OCO5)CC3)n2)cc1.[HH]. The third-order valence-corrected chi connectivity index (χ3v) is 9.38. The summed E-state index contributed by atoms with van der Waals surface area (Å²) in [5.41, 5.74) is 1.74. The standard InChI is InChI=1S/C27H27N3O5S.H2/c1-18-4-3-15-30(18)36(32,33)21-10-7-19(8-11-21)22-5-2-6-25(28-22)29-26(31)27(13-14-27)20-9-12-23-24(16-20)35-17-34-23;/h2,5-12,16,18H,3-4,13-15,17H2,1H3,(H,28,29,31);1H. The van der Waals surface area contributed by atoms with Crippen molar-refractivity contribution in [3.8, 4) is 22.8 Å². The first-order valence-corrected chi connectivity index (χ1v) is 13.6. The highest BCUT2D eigenvalue weighted by molar-refractivity contribution is 7.89. The molecule has 1 amide bonds. The highest BCUT2D eigenvalue weighted by Gasteiger charge is 2.51. The molecule has 0 spiro atoms. The summed E-state index contributed by atoms with van der Waals surface area (Å²) in [6.07, 6.45) is 3.28. The molecule has 8 nitrogen and oxygen atoms in total. The molecule has 2 aromatic carbocycles. The number of amides is 1. The molecular weight excluding hydrogens is 478 g/mol. The van der Waals surface area contributed by atoms with Gasteiger partial charge in [0.15, 0.2) is 11.5 Å². The van der Waals surface area contributed by atoms with Crippen molar-refractivity contribution in [1.29, 1.82) is 0 Å². The van der Waals surface area contributed by atoms with Crippen LogP contribution in [0.2, 0.25) is 0 Å². The van der Waals surface area contributed by atoms with Gasteiger partial charge in [-0.15, -0.1) is 0 Å². The first kappa shape index (κ1) is 23.0. The van der Waals surface area contributed by atoms with Crippen LogP contribution in [0.25, 0.3) is 11.3 Å². The van der Waals surface area contributed by atoms with E-state index in [0.717, 1.165) is 36.8 Å². The Hall–Kier alpha value is -3.43. The zero-order valence-electron chi connectivity index (χ0n) is 19.9. The lowest BCUT2D eigenvalue weighted by molar-refractivity contribution is -0.118. The van der Waals surface area contributed by atoms with Crippen molar-refractivity contribution >= 4 is 21.7 Å². The van der Waals surface area contributed by atoms with Crippen LogP contribution in [0.1, 0.15) is 39.6 Å². The number of hydrogen-bond acceptors (Lipinski definition) is 6. The highest BCUT2D eigenvalue weighted by Crippen LogP contribution is 2.51. The number of hydrogen-bond donors (Lipinski definition) is 1. The van der Waals surface area contributed by atoms with Crippen molar-refractivity contribution in [2.24, 2.45) is 0 Å². The van der Waals surface area contributed by atoms with Crippen LogP contribution in [-0.2, 0) is 20.2 Å². The fourth-order valence-electron chi connectivity index (χ4n) is 5.06. The summed E-state index contributed by atoms with van der Waals surface area (Å²) in [6.45, 7) is 2.70. The van der Waals surface area contributed by atoms with Gasteiger partial charge in [0.05, 0.1) is 16.0 Å². The molecule has 1 atom stereocenters. The molecule has 3 aliphatic rings. The molecule has 2 aliphatic heterocycles. The smallest absolute Gasteiger partial charge is 0.243 e. The average Bonchev–Trinajstić information content (AvgIpc) is 3.36. The predicted octanol–water partition coefficient (Wildman–Crippen LogP) is 4.57. The Labute approximate surface area is 211 Å². The monoisotopic (exact) mass is 507 g/mol. The van der Waals surface area contributed by atoms with Crippen LogP contribution in [0.3, 0.4) is 0 Å². The number of carbonyl (C=O) groups excluding carboxylic acids is 1. The molecule has 9 heteroatoms. The summed E-state index contributed by atoms with van der Waals surface area (Å²) in [7, 11) is -3.51. The third kappa shape index (κ3) is 3.92. The number of nitrogens with one attached hydrogen (secondary N) is 1. The van der Waals surface area contributed by atoms with Gasteiger partial charge in [-0.3, -0.25) is 4.79 Å². The number of sulfonamides is 1. The zero-order chi connectivity index (χ0) is 24.9. The second kappa shape index (κ2) is 8.60. The summed E-state index contributed by atoms with van der Waals surface area (Å²) in [4.78, 5) is 18.2. The van der Waals surface area contributed by atoms with E-state index in [4.69, 9.17) is 9.47 Å². The molecule has 1 unspecified atom stereocenters. The first-order valence-electron chi connectivity index (χ1n) is 12.2. The van der Waals surface area contributed by atoms with Crippen molar-refractivity contribution in [1.82, 2.24) is 9.29 Å². The topological polar surface area (TPSA) is 97.8 Å². The van der Waals surface area contributed by atoms with E-state index in [9.17, 15) is 13.2 Å². The van der Waals surface area contributed by atoms with Gasteiger partial charge in [-0.1, -0.05) is 24.3 Å². The average molecular weight is 508 g/mol. The molecule has 0 radical (unpaired) electrons. The Morgan fingerprint density at radius 1 is 1.08 bits per heavy atom. The third-order valence-electron chi connectivity index (χ3n) is 7.35. The van der Waals surface area contributed by atoms with Gasteiger partial charge in [-0.25, -0.2) is 13.4 Å². The minimum absolute atomic E-state index is 0. The van der Waals surface area contributed by atoms with Gasteiger partial charge in [0.1, 0.15) is 5.82 Å². The van der Waals surface area contributed by atoms with Crippen LogP contribution >= 0.6 is 0 Å². The van der Waals surface area contributed by atoms with Gasteiger partial charge in [0.2, 0.25) is 22.7 Å². The van der Waals surface area contributed by atoms with Gasteiger partial charge >= 0.3 is 0 Å². The molecule has 0 bridgehead atoms. The quantitative estimate of drug-likeness (QED) is 0.525. The zero-order valence-corrected chi connectivity index (χ0v) is 20.8. The van der Waals surface area contributed by atoms with E-state index in [-0.39, 0.29) is 25.1 Å². The number of benzene rings is 2. The Morgan fingerprint density at radius 2 is 1.86 bits per heavy atom. The molecule has 1 saturated heterocycles. The fourth-order valence-corrected chi connectivity index (χ4v) is 6.76. The van der Waals surface area contributed by atoms with Crippen LogP contribution in [0.4, 0.5) is 5.82 Å². The maximum atomic E-state index is 13.3. The number of aromatic nitrogens is 1. The fraction of sp³-hybridized carbons (Fsp3) is 0.333. The predicted molar refractivity (Wildman–Crippen MR) is 136 cm³/mol. The molecule has 188 valence electrons. The maximum Gasteiger partial charge on any atom is 0.243 e. The number of ether oxygens (including phenoxy) is 2. The van der Waals surface area contributed by atoms with E-state index in [1.165, 1.54) is 0 Å². The molecule has 36 heavy (non-hydrogen) atoms.